The van der Waals surface area contributed by atoms with Crippen LogP contribution in [0.2, 0.25) is 0 Å². The van der Waals surface area contributed by atoms with Gasteiger partial charge in [-0.15, -0.1) is 0 Å². The van der Waals surface area contributed by atoms with Gasteiger partial charge >= 0.3 is 0 Å². The number of fused-ring (bicyclic) bond motifs is 1. The molecule has 5 aromatic rings. The summed E-state index contributed by atoms with van der Waals surface area (Å²) in [6, 6.07) is 19.1. The van der Waals surface area contributed by atoms with E-state index in [-0.39, 0.29) is 29.4 Å². The van der Waals surface area contributed by atoms with Crippen LogP contribution in [0.4, 0.5) is 21.7 Å². The molecule has 1 aliphatic heterocycles. The predicted octanol–water partition coefficient (Wildman–Crippen LogP) is 6.88. The Labute approximate surface area is 262 Å². The molecule has 0 radical (unpaired) electrons. The average Bonchev–Trinajstić information content (AvgIpc) is 3.56. The highest BCUT2D eigenvalue weighted by Crippen LogP contribution is 2.35. The third kappa shape index (κ3) is 5.80. The predicted molar refractivity (Wildman–Crippen MR) is 178 cm³/mol. The van der Waals surface area contributed by atoms with Gasteiger partial charge in [-0.25, -0.2) is 9.37 Å². The second kappa shape index (κ2) is 12.0. The first kappa shape index (κ1) is 29.1. The minimum Gasteiger partial charge on any atom is -0.366 e. The summed E-state index contributed by atoms with van der Waals surface area (Å²) in [7, 11) is 0. The molecule has 0 spiro atoms. The van der Waals surface area contributed by atoms with Gasteiger partial charge in [0.15, 0.2) is 5.65 Å². The molecule has 7 rings (SSSR count). The average molecular weight is 604 g/mol. The lowest BCUT2D eigenvalue weighted by molar-refractivity contribution is 0.404. The Kier molecular flexibility index (Phi) is 7.79. The smallest absolute Gasteiger partial charge is 0.264 e. The summed E-state index contributed by atoms with van der Waals surface area (Å²) in [4.78, 5) is 30.4. The molecule has 230 valence electrons. The Morgan fingerprint density at radius 3 is 2.38 bits per heavy atom. The Morgan fingerprint density at radius 2 is 1.67 bits per heavy atom. The lowest BCUT2D eigenvalue weighted by atomic mass is 9.97. The van der Waals surface area contributed by atoms with Crippen molar-refractivity contribution in [2.75, 3.05) is 23.3 Å². The molecule has 45 heavy (non-hydrogen) atoms. The summed E-state index contributed by atoms with van der Waals surface area (Å²) in [5.41, 5.74) is 5.56. The molecule has 0 amide bonds. The van der Waals surface area contributed by atoms with Gasteiger partial charge in [0.25, 0.3) is 5.56 Å². The standard InChI is InChI=1S/C36H38FN7O/c1-22-15-32(25-9-7-8-10-25)38-19-30(22)29-16-26-18-39-36(42-34(26)44(35(29)45)28-11-5-4-6-12-28)41-27-13-14-33(31(37)17-27)43-20-23(2)40-24(3)21-43/h4-6,11-19,23-25,40H,7-10,20-21H2,1-3H3,(H,39,41,42)/t23-,24+. The maximum absolute atomic E-state index is 15.3. The van der Waals surface area contributed by atoms with Crippen LogP contribution in [0.3, 0.4) is 0 Å². The maximum Gasteiger partial charge on any atom is 0.264 e. The van der Waals surface area contributed by atoms with Crippen LogP contribution >= 0.6 is 0 Å². The van der Waals surface area contributed by atoms with Gasteiger partial charge in [0.05, 0.1) is 16.9 Å². The van der Waals surface area contributed by atoms with Crippen molar-refractivity contribution in [2.24, 2.45) is 0 Å². The van der Waals surface area contributed by atoms with Crippen molar-refractivity contribution in [3.05, 3.63) is 100 Å². The second-order valence-corrected chi connectivity index (χ2v) is 12.6. The van der Waals surface area contributed by atoms with E-state index >= 15 is 4.39 Å². The van der Waals surface area contributed by atoms with Crippen LogP contribution in [0, 0.1) is 12.7 Å². The molecule has 8 nitrogen and oxygen atoms in total. The quantitative estimate of drug-likeness (QED) is 0.219. The van der Waals surface area contributed by atoms with Crippen LogP contribution in [0.25, 0.3) is 27.8 Å². The summed E-state index contributed by atoms with van der Waals surface area (Å²) in [6.07, 6.45) is 8.37. The van der Waals surface area contributed by atoms with Crippen LogP contribution in [0.5, 0.6) is 0 Å². The molecule has 3 aromatic heterocycles. The fourth-order valence-electron chi connectivity index (χ4n) is 6.96. The SMILES string of the molecule is Cc1cc(C2CCCC2)ncc1-c1cc2cnc(Nc3ccc(N4C[C@@H](C)N[C@@H](C)C4)c(F)c3)nc2n(-c2ccccc2)c1=O. The number of hydrogen-bond donors (Lipinski definition) is 2. The minimum atomic E-state index is -0.309. The van der Waals surface area contributed by atoms with Gasteiger partial charge in [0.1, 0.15) is 5.82 Å². The number of benzene rings is 2. The lowest BCUT2D eigenvalue weighted by Crippen LogP contribution is -2.54. The summed E-state index contributed by atoms with van der Waals surface area (Å²) in [5.74, 6) is 0.458. The number of nitrogens with one attached hydrogen (secondary N) is 2. The molecule has 1 saturated heterocycles. The van der Waals surface area contributed by atoms with Crippen molar-refractivity contribution in [3.8, 4) is 16.8 Å². The van der Waals surface area contributed by atoms with Crippen LogP contribution in [-0.4, -0.2) is 44.7 Å². The largest absolute Gasteiger partial charge is 0.366 e. The number of anilines is 3. The summed E-state index contributed by atoms with van der Waals surface area (Å²) < 4.78 is 17.0. The third-order valence-electron chi connectivity index (χ3n) is 9.05. The third-order valence-corrected chi connectivity index (χ3v) is 9.05. The zero-order chi connectivity index (χ0) is 31.1. The molecule has 0 bridgehead atoms. The molecule has 4 heterocycles. The highest BCUT2D eigenvalue weighted by atomic mass is 19.1. The van der Waals surface area contributed by atoms with Crippen molar-refractivity contribution in [1.29, 1.82) is 0 Å². The molecule has 1 saturated carbocycles. The number of para-hydroxylation sites is 1. The first-order chi connectivity index (χ1) is 21.8. The van der Waals surface area contributed by atoms with E-state index in [0.29, 0.717) is 39.6 Å². The zero-order valence-electron chi connectivity index (χ0n) is 25.9. The molecule has 2 fully saturated rings. The Morgan fingerprint density at radius 1 is 0.911 bits per heavy atom. The van der Waals surface area contributed by atoms with Crippen LogP contribution < -0.4 is 21.1 Å². The number of aryl methyl sites for hydroxylation is 1. The molecule has 2 N–H and O–H groups in total. The van der Waals surface area contributed by atoms with Crippen molar-refractivity contribution in [2.45, 2.75) is 64.5 Å². The Bertz CT molecular complexity index is 1910. The van der Waals surface area contributed by atoms with Crippen molar-refractivity contribution >= 4 is 28.4 Å². The second-order valence-electron chi connectivity index (χ2n) is 12.6. The summed E-state index contributed by atoms with van der Waals surface area (Å²) in [5, 5.41) is 7.35. The van der Waals surface area contributed by atoms with Gasteiger partial charge in [-0.05, 0) is 81.6 Å². The van der Waals surface area contributed by atoms with E-state index in [1.165, 1.54) is 31.7 Å². The molecule has 0 unspecified atom stereocenters. The van der Waals surface area contributed by atoms with Gasteiger partial charge in [0, 0.05) is 65.8 Å². The molecule has 2 aromatic carbocycles. The number of halogens is 1. The Hall–Kier alpha value is -4.63. The number of nitrogens with zero attached hydrogens (tertiary/aromatic N) is 5. The maximum atomic E-state index is 15.3. The molecular formula is C36H38FN7O. The van der Waals surface area contributed by atoms with Gasteiger partial charge in [0.2, 0.25) is 5.95 Å². The van der Waals surface area contributed by atoms with Crippen molar-refractivity contribution in [3.63, 3.8) is 0 Å². The van der Waals surface area contributed by atoms with E-state index in [2.05, 4.69) is 40.4 Å². The highest BCUT2D eigenvalue weighted by molar-refractivity contribution is 5.84. The topological polar surface area (TPSA) is 88.0 Å². The normalized spacial score (nSPS) is 18.9. The van der Waals surface area contributed by atoms with Crippen LogP contribution in [-0.2, 0) is 0 Å². The molecule has 1 aliphatic carbocycles. The molecular weight excluding hydrogens is 565 g/mol. The lowest BCUT2D eigenvalue weighted by Gasteiger charge is -2.37. The van der Waals surface area contributed by atoms with Gasteiger partial charge in [-0.2, -0.15) is 4.98 Å². The van der Waals surface area contributed by atoms with Crippen LogP contribution in [0.15, 0.2) is 77.9 Å². The molecule has 2 aliphatic rings. The van der Waals surface area contributed by atoms with E-state index in [1.807, 2.05) is 55.6 Å². The fraction of sp³-hybridized carbons (Fsp3) is 0.333. The van der Waals surface area contributed by atoms with Crippen molar-refractivity contribution in [1.82, 2.24) is 24.8 Å². The number of piperazine rings is 1. The number of rotatable bonds is 6. The first-order valence-electron chi connectivity index (χ1n) is 15.9. The van der Waals surface area contributed by atoms with E-state index < -0.39 is 0 Å². The Balaban J connectivity index is 1.26. The highest BCUT2D eigenvalue weighted by Gasteiger charge is 2.24. The number of aromatic nitrogens is 4. The minimum absolute atomic E-state index is 0.188. The summed E-state index contributed by atoms with van der Waals surface area (Å²) in [6.45, 7) is 7.73. The number of hydrogen-bond acceptors (Lipinski definition) is 7. The fourth-order valence-corrected chi connectivity index (χ4v) is 6.96. The number of pyridine rings is 2. The van der Waals surface area contributed by atoms with E-state index in [4.69, 9.17) is 9.97 Å². The molecule has 2 atom stereocenters. The molecule has 9 heteroatoms. The van der Waals surface area contributed by atoms with Gasteiger partial charge < -0.3 is 15.5 Å². The van der Waals surface area contributed by atoms with Gasteiger partial charge in [-0.1, -0.05) is 31.0 Å². The summed E-state index contributed by atoms with van der Waals surface area (Å²) >= 11 is 0. The monoisotopic (exact) mass is 603 g/mol. The van der Waals surface area contributed by atoms with Crippen molar-refractivity contribution < 1.29 is 4.39 Å². The van der Waals surface area contributed by atoms with E-state index in [9.17, 15) is 4.79 Å². The zero-order valence-corrected chi connectivity index (χ0v) is 25.9. The van der Waals surface area contributed by atoms with E-state index in [1.54, 1.807) is 16.8 Å². The van der Waals surface area contributed by atoms with Crippen LogP contribution in [0.1, 0.15) is 56.7 Å². The van der Waals surface area contributed by atoms with Gasteiger partial charge in [-0.3, -0.25) is 14.3 Å². The van der Waals surface area contributed by atoms with E-state index in [0.717, 1.165) is 29.9 Å². The first-order valence-corrected chi connectivity index (χ1v) is 15.9.